The molecule has 1 aliphatic carbocycles. The molecule has 1 saturated carbocycles. The van der Waals surface area contributed by atoms with Crippen molar-refractivity contribution in [3.8, 4) is 5.75 Å². The Labute approximate surface area is 141 Å². The van der Waals surface area contributed by atoms with E-state index >= 15 is 0 Å². The highest BCUT2D eigenvalue weighted by molar-refractivity contribution is 7.14. The van der Waals surface area contributed by atoms with Crippen molar-refractivity contribution < 1.29 is 19.1 Å². The van der Waals surface area contributed by atoms with Crippen molar-refractivity contribution >= 4 is 23.7 Å². The summed E-state index contributed by atoms with van der Waals surface area (Å²) in [7, 11) is 0. The molecule has 0 aliphatic heterocycles. The van der Waals surface area contributed by atoms with E-state index in [1.54, 1.807) is 0 Å². The number of nitrogens with one attached hydrogen (secondary N) is 1. The van der Waals surface area contributed by atoms with Gasteiger partial charge in [0.1, 0.15) is 22.8 Å². The molecule has 0 bridgehead atoms. The lowest BCUT2D eigenvalue weighted by atomic mass is 10.2. The highest BCUT2D eigenvalue weighted by Crippen LogP contribution is 2.36. The second-order valence-electron chi connectivity index (χ2n) is 7.00. The van der Waals surface area contributed by atoms with Gasteiger partial charge in [-0.25, -0.2) is 4.79 Å². The first-order valence-electron chi connectivity index (χ1n) is 7.88. The number of aryl methyl sites for hydroxylation is 1. The molecule has 5 nitrogen and oxygen atoms in total. The van der Waals surface area contributed by atoms with E-state index in [-0.39, 0.29) is 6.04 Å². The number of hydrogen-bond donors (Lipinski definition) is 1. The second-order valence-corrected chi connectivity index (χ2v) is 8.25. The third-order valence-corrected chi connectivity index (χ3v) is 4.88. The fourth-order valence-electron chi connectivity index (χ4n) is 2.32. The fourth-order valence-corrected chi connectivity index (χ4v) is 3.24. The second kappa shape index (κ2) is 6.91. The van der Waals surface area contributed by atoms with Gasteiger partial charge in [0.15, 0.2) is 6.29 Å². The van der Waals surface area contributed by atoms with Gasteiger partial charge in [-0.3, -0.25) is 4.79 Å². The van der Waals surface area contributed by atoms with E-state index in [1.165, 1.54) is 11.3 Å². The summed E-state index contributed by atoms with van der Waals surface area (Å²) in [5.41, 5.74) is 0.467. The van der Waals surface area contributed by atoms with Crippen LogP contribution in [0.25, 0.3) is 0 Å². The molecule has 1 N–H and O–H groups in total. The smallest absolute Gasteiger partial charge is 0.408 e. The van der Waals surface area contributed by atoms with Gasteiger partial charge < -0.3 is 14.8 Å². The molecular weight excluding hydrogens is 314 g/mol. The zero-order chi connectivity index (χ0) is 17.2. The molecule has 1 aromatic rings. The Balaban J connectivity index is 1.98. The number of alkyl carbamates (subject to hydrolysis) is 1. The Bertz CT molecular complexity index is 584. The number of carbonyl (C=O) groups excluding carboxylic acids is 2. The minimum Gasteiger partial charge on any atom is -0.490 e. The van der Waals surface area contributed by atoms with E-state index in [0.717, 1.165) is 29.6 Å². The summed E-state index contributed by atoms with van der Waals surface area (Å²) in [5, 5.41) is 2.90. The summed E-state index contributed by atoms with van der Waals surface area (Å²) < 4.78 is 11.2. The number of rotatable bonds is 6. The molecule has 1 heterocycles. The molecular formula is C17H25NO4S. The van der Waals surface area contributed by atoms with Gasteiger partial charge in [0.2, 0.25) is 0 Å². The third-order valence-electron chi connectivity index (χ3n) is 3.76. The molecule has 1 aromatic heterocycles. The largest absolute Gasteiger partial charge is 0.490 e. The highest BCUT2D eigenvalue weighted by atomic mass is 32.1. The molecule has 0 spiro atoms. The lowest BCUT2D eigenvalue weighted by molar-refractivity contribution is 0.0478. The van der Waals surface area contributed by atoms with Gasteiger partial charge in [-0.1, -0.05) is 0 Å². The van der Waals surface area contributed by atoms with Gasteiger partial charge in [0.25, 0.3) is 0 Å². The average molecular weight is 339 g/mol. The maximum absolute atomic E-state index is 12.0. The quantitative estimate of drug-likeness (QED) is 0.799. The van der Waals surface area contributed by atoms with Crippen LogP contribution in [0, 0.1) is 19.8 Å². The zero-order valence-corrected chi connectivity index (χ0v) is 15.2. The van der Waals surface area contributed by atoms with Crippen molar-refractivity contribution in [2.24, 2.45) is 5.92 Å². The molecule has 1 amide bonds. The predicted molar refractivity (Wildman–Crippen MR) is 90.6 cm³/mol. The van der Waals surface area contributed by atoms with E-state index in [4.69, 9.17) is 9.47 Å². The number of amides is 1. The van der Waals surface area contributed by atoms with Crippen molar-refractivity contribution in [2.45, 2.75) is 59.1 Å². The summed E-state index contributed by atoms with van der Waals surface area (Å²) in [6.45, 7) is 9.77. The molecule has 1 unspecified atom stereocenters. The van der Waals surface area contributed by atoms with E-state index in [9.17, 15) is 9.59 Å². The molecule has 0 radical (unpaired) electrons. The van der Waals surface area contributed by atoms with Crippen LogP contribution in [0.1, 0.15) is 53.7 Å². The van der Waals surface area contributed by atoms with Crippen LogP contribution in [-0.4, -0.2) is 30.6 Å². The van der Waals surface area contributed by atoms with E-state index in [0.29, 0.717) is 23.2 Å². The molecule has 23 heavy (non-hydrogen) atoms. The Kier molecular flexibility index (Phi) is 5.34. The topological polar surface area (TPSA) is 64.6 Å². The minimum atomic E-state index is -0.523. The SMILES string of the molecule is Cc1sc(C=O)c(OCC(NC(=O)OC(C)(C)C)C2CC2)c1C. The van der Waals surface area contributed by atoms with Crippen molar-refractivity contribution in [2.75, 3.05) is 6.61 Å². The monoisotopic (exact) mass is 339 g/mol. The first kappa shape index (κ1) is 17.8. The third kappa shape index (κ3) is 4.96. The van der Waals surface area contributed by atoms with Crippen LogP contribution in [-0.2, 0) is 4.74 Å². The van der Waals surface area contributed by atoms with Crippen molar-refractivity contribution in [3.63, 3.8) is 0 Å². The van der Waals surface area contributed by atoms with E-state index in [1.807, 2.05) is 34.6 Å². The number of carbonyl (C=O) groups is 2. The predicted octanol–water partition coefficient (Wildman–Crippen LogP) is 3.86. The average Bonchev–Trinajstić information content (AvgIpc) is 3.22. The van der Waals surface area contributed by atoms with Gasteiger partial charge >= 0.3 is 6.09 Å². The molecule has 1 atom stereocenters. The van der Waals surface area contributed by atoms with Crippen LogP contribution in [0.4, 0.5) is 4.79 Å². The van der Waals surface area contributed by atoms with Crippen LogP contribution in [0.15, 0.2) is 0 Å². The van der Waals surface area contributed by atoms with E-state index in [2.05, 4.69) is 5.32 Å². The maximum Gasteiger partial charge on any atom is 0.408 e. The first-order valence-corrected chi connectivity index (χ1v) is 8.70. The Morgan fingerprint density at radius 2 is 2.04 bits per heavy atom. The van der Waals surface area contributed by atoms with E-state index < -0.39 is 11.7 Å². The molecule has 0 aromatic carbocycles. The number of thiophene rings is 1. The maximum atomic E-state index is 12.0. The number of hydrogen-bond acceptors (Lipinski definition) is 5. The zero-order valence-electron chi connectivity index (χ0n) is 14.4. The summed E-state index contributed by atoms with van der Waals surface area (Å²) in [6.07, 6.45) is 2.55. The van der Waals surface area contributed by atoms with Gasteiger partial charge in [0, 0.05) is 10.4 Å². The van der Waals surface area contributed by atoms with Crippen molar-refractivity contribution in [3.05, 3.63) is 15.3 Å². The molecule has 128 valence electrons. The molecule has 1 fully saturated rings. The summed E-state index contributed by atoms with van der Waals surface area (Å²) in [5.74, 6) is 1.06. The number of aldehydes is 1. The standard InChI is InChI=1S/C17H25NO4S/c1-10-11(2)23-14(8-19)15(10)21-9-13(12-6-7-12)18-16(20)22-17(3,4)5/h8,12-13H,6-7,9H2,1-5H3,(H,18,20). The van der Waals surface area contributed by atoms with Gasteiger partial charge in [-0.2, -0.15) is 0 Å². The minimum absolute atomic E-state index is 0.0936. The Hall–Kier alpha value is -1.56. The number of ether oxygens (including phenoxy) is 2. The van der Waals surface area contributed by atoms with Crippen molar-refractivity contribution in [1.82, 2.24) is 5.32 Å². The summed E-state index contributed by atoms with van der Waals surface area (Å²) in [6, 6.07) is -0.0936. The van der Waals surface area contributed by atoms with Crippen LogP contribution >= 0.6 is 11.3 Å². The normalized spacial score (nSPS) is 15.9. The Morgan fingerprint density at radius 3 is 2.57 bits per heavy atom. The Morgan fingerprint density at radius 1 is 1.39 bits per heavy atom. The lowest BCUT2D eigenvalue weighted by Crippen LogP contribution is -2.43. The first-order chi connectivity index (χ1) is 10.7. The lowest BCUT2D eigenvalue weighted by Gasteiger charge is -2.24. The molecule has 6 heteroatoms. The highest BCUT2D eigenvalue weighted by Gasteiger charge is 2.34. The van der Waals surface area contributed by atoms with Crippen LogP contribution in [0.2, 0.25) is 0 Å². The molecule has 0 saturated heterocycles. The van der Waals surface area contributed by atoms with Gasteiger partial charge in [-0.05, 0) is 53.4 Å². The van der Waals surface area contributed by atoms with Gasteiger partial charge in [-0.15, -0.1) is 11.3 Å². The fraction of sp³-hybridized carbons (Fsp3) is 0.647. The summed E-state index contributed by atoms with van der Waals surface area (Å²) in [4.78, 5) is 24.8. The van der Waals surface area contributed by atoms with Crippen LogP contribution < -0.4 is 10.1 Å². The summed E-state index contributed by atoms with van der Waals surface area (Å²) >= 11 is 1.43. The molecule has 1 aliphatic rings. The van der Waals surface area contributed by atoms with Gasteiger partial charge in [0.05, 0.1) is 6.04 Å². The van der Waals surface area contributed by atoms with Crippen LogP contribution in [0.5, 0.6) is 5.75 Å². The van der Waals surface area contributed by atoms with Crippen LogP contribution in [0.3, 0.4) is 0 Å². The van der Waals surface area contributed by atoms with Crippen molar-refractivity contribution in [1.29, 1.82) is 0 Å². The molecule has 2 rings (SSSR count).